The van der Waals surface area contributed by atoms with E-state index in [9.17, 15) is 0 Å². The number of hydrogen-bond acceptors (Lipinski definition) is 2. The highest BCUT2D eigenvalue weighted by Gasteiger charge is 2.25. The fourth-order valence-electron chi connectivity index (χ4n) is 18.9. The second-order valence-electron chi connectivity index (χ2n) is 31.1. The van der Waals surface area contributed by atoms with E-state index in [1.54, 1.807) is 0 Å². The molecule has 0 bridgehead atoms. The van der Waals surface area contributed by atoms with Crippen LogP contribution in [0.1, 0.15) is 11.1 Å². The minimum absolute atomic E-state index is 0.678. The van der Waals surface area contributed by atoms with E-state index in [0.717, 1.165) is 22.3 Å². The summed E-state index contributed by atoms with van der Waals surface area (Å²) in [7, 11) is 0. The molecule has 0 fully saturated rings. The molecule has 0 atom stereocenters. The summed E-state index contributed by atoms with van der Waals surface area (Å²) in [4.78, 5) is 0. The lowest BCUT2D eigenvalue weighted by Gasteiger charge is -2.18. The molecular weight excluding hydrogens is 1420 g/mol. The number of rotatable bonds is 8. The molecule has 0 saturated carbocycles. The van der Waals surface area contributed by atoms with Crippen molar-refractivity contribution in [3.8, 4) is 146 Å². The van der Waals surface area contributed by atoms with Crippen molar-refractivity contribution in [2.24, 2.45) is 0 Å². The maximum Gasteiger partial charge on any atom is 0.0991 e. The molecule has 0 unspecified atom stereocenters. The van der Waals surface area contributed by atoms with E-state index < -0.39 is 0 Å². The Kier molecular flexibility index (Phi) is 16.7. The van der Waals surface area contributed by atoms with Gasteiger partial charge in [0.2, 0.25) is 0 Å². The third-order valence-corrected chi connectivity index (χ3v) is 24.5. The molecule has 2 heteroatoms. The lowest BCUT2D eigenvalue weighted by atomic mass is 9.85. The Bertz CT molecular complexity index is 7870. The smallest absolute Gasteiger partial charge is 0.0991 e. The number of fused-ring (bicyclic) bond motifs is 14. The summed E-state index contributed by atoms with van der Waals surface area (Å²) in [6.45, 7) is 0. The number of nitrogens with zero attached hydrogens (tertiary/aromatic N) is 2. The first-order valence-corrected chi connectivity index (χ1v) is 40.4. The summed E-state index contributed by atoms with van der Waals surface area (Å²) in [6, 6.07) is 158. The van der Waals surface area contributed by atoms with Gasteiger partial charge in [-0.3, -0.25) is 0 Å². The van der Waals surface area contributed by atoms with E-state index in [1.807, 2.05) is 48.5 Å². The van der Waals surface area contributed by atoms with Gasteiger partial charge in [0.05, 0.1) is 23.3 Å². The van der Waals surface area contributed by atoms with Crippen molar-refractivity contribution in [1.29, 1.82) is 10.5 Å². The molecule has 2 nitrogen and oxygen atoms in total. The lowest BCUT2D eigenvalue weighted by molar-refractivity contribution is 1.48. The van der Waals surface area contributed by atoms with Crippen molar-refractivity contribution >= 4 is 97.0 Å². The highest BCUT2D eigenvalue weighted by atomic mass is 14.3. The Labute approximate surface area is 684 Å². The zero-order chi connectivity index (χ0) is 78.3. The molecular formula is C116H70N2. The Balaban J connectivity index is 0.000000108. The maximum atomic E-state index is 9.12. The fraction of sp³-hybridized carbons (Fsp3) is 0. The molecule has 22 aromatic carbocycles. The van der Waals surface area contributed by atoms with Gasteiger partial charge in [0.15, 0.2) is 0 Å². The summed E-state index contributed by atoms with van der Waals surface area (Å²) in [6.07, 6.45) is 0. The molecule has 0 heterocycles. The molecule has 544 valence electrons. The van der Waals surface area contributed by atoms with E-state index >= 15 is 0 Å². The SMILES string of the molecule is N#Cc1ccc(-c2ccc3cc(-c4c5ccccc5c(-c5ccccc5)c5ccccc45)ccc3c2)cc1.N#Cc1ccc(-c2ccc3cc(-c4ccc5c6c(cccc46)-c4ccccc4-5)ccc3c2)cc1.c1cc(-c2ccc3cc(-c4cc5ccccc5c5ccccc45)ccc3c2)cc(-c2ccc3c4c(cccc24)-c2ccccc2-3)c1. The summed E-state index contributed by atoms with van der Waals surface area (Å²) in [5.74, 6) is 0. The first-order chi connectivity index (χ1) is 58.4. The highest BCUT2D eigenvalue weighted by molar-refractivity contribution is 6.24. The van der Waals surface area contributed by atoms with Crippen LogP contribution >= 0.6 is 0 Å². The zero-order valence-corrected chi connectivity index (χ0v) is 64.3. The van der Waals surface area contributed by atoms with Gasteiger partial charge in [-0.05, 0) is 303 Å². The third-order valence-electron chi connectivity index (χ3n) is 24.5. The number of nitriles is 2. The molecule has 0 spiro atoms. The molecule has 118 heavy (non-hydrogen) atoms. The lowest BCUT2D eigenvalue weighted by Crippen LogP contribution is -1.90. The van der Waals surface area contributed by atoms with Crippen LogP contribution in [0, 0.1) is 22.7 Å². The quantitative estimate of drug-likeness (QED) is 0.112. The van der Waals surface area contributed by atoms with Crippen molar-refractivity contribution in [3.63, 3.8) is 0 Å². The second-order valence-corrected chi connectivity index (χ2v) is 31.1. The van der Waals surface area contributed by atoms with Gasteiger partial charge < -0.3 is 0 Å². The summed E-state index contributed by atoms with van der Waals surface area (Å²) in [5, 5.41) is 41.1. The molecule has 24 rings (SSSR count). The van der Waals surface area contributed by atoms with Gasteiger partial charge in [-0.25, -0.2) is 0 Å². The van der Waals surface area contributed by atoms with Crippen LogP contribution < -0.4 is 0 Å². The van der Waals surface area contributed by atoms with Crippen molar-refractivity contribution < 1.29 is 0 Å². The van der Waals surface area contributed by atoms with E-state index in [-0.39, 0.29) is 0 Å². The second kappa shape index (κ2) is 28.7. The van der Waals surface area contributed by atoms with Crippen molar-refractivity contribution in [1.82, 2.24) is 0 Å². The van der Waals surface area contributed by atoms with Crippen LogP contribution in [0.2, 0.25) is 0 Å². The first-order valence-electron chi connectivity index (χ1n) is 40.4. The van der Waals surface area contributed by atoms with Gasteiger partial charge in [-0.15, -0.1) is 0 Å². The summed E-state index contributed by atoms with van der Waals surface area (Å²) >= 11 is 0. The summed E-state index contributed by atoms with van der Waals surface area (Å²) in [5.41, 5.74) is 31.6. The van der Waals surface area contributed by atoms with Gasteiger partial charge >= 0.3 is 0 Å². The van der Waals surface area contributed by atoms with Crippen LogP contribution in [0.15, 0.2) is 425 Å². The minimum atomic E-state index is 0.678. The Morgan fingerprint density at radius 3 is 0.898 bits per heavy atom. The van der Waals surface area contributed by atoms with Crippen LogP contribution in [-0.2, 0) is 0 Å². The Morgan fingerprint density at radius 2 is 0.424 bits per heavy atom. The van der Waals surface area contributed by atoms with Crippen LogP contribution in [0.5, 0.6) is 0 Å². The van der Waals surface area contributed by atoms with Crippen molar-refractivity contribution in [2.45, 2.75) is 0 Å². The monoisotopic (exact) mass is 1490 g/mol. The molecule has 0 N–H and O–H groups in total. The van der Waals surface area contributed by atoms with Gasteiger partial charge in [0.1, 0.15) is 0 Å². The molecule has 0 radical (unpaired) electrons. The average Bonchev–Trinajstić information content (AvgIpc) is 1.42. The minimum Gasteiger partial charge on any atom is -0.192 e. The standard InChI is InChI=1S/C46H28.C37H23N.C33H19N/c1-2-12-36-34(9-1)28-45(41-16-6-3-13-38(36)41)35-22-21-31-25-30(19-20-32(31)27-35)29-10-7-11-33(26-29)37-23-24-44-40-15-5-4-14-39(40)43-18-8-17-42(37)46(43)44;38-24-25-14-16-26(17-15-25)28-18-19-30-23-31(21-20-29(30)22-28)37-34-12-6-4-10-32(34)36(27-8-2-1-3-9-27)33-11-5-7-13-35(33)37;34-20-21-8-10-22(11-9-21)23-12-13-25-19-26(15-14-24(25)18-23)27-16-17-32-29-5-2-1-4-28(29)31-7-3-6-30(27)33(31)32/h1-28H;1-23H;1-19H. The third kappa shape index (κ3) is 11.9. The van der Waals surface area contributed by atoms with Crippen LogP contribution in [0.25, 0.3) is 230 Å². The Hall–Kier alpha value is -15.8. The highest BCUT2D eigenvalue weighted by Crippen LogP contribution is 2.52. The normalized spacial score (nSPS) is 11.5. The molecule has 22 aromatic rings. The van der Waals surface area contributed by atoms with E-state index in [2.05, 4.69) is 388 Å². The van der Waals surface area contributed by atoms with Gasteiger partial charge in [0.25, 0.3) is 0 Å². The molecule has 2 aliphatic carbocycles. The van der Waals surface area contributed by atoms with E-state index in [0.29, 0.717) is 11.1 Å². The van der Waals surface area contributed by atoms with E-state index in [1.165, 1.54) is 208 Å². The van der Waals surface area contributed by atoms with E-state index in [4.69, 9.17) is 10.5 Å². The van der Waals surface area contributed by atoms with Gasteiger partial charge in [0, 0.05) is 0 Å². The molecule has 0 aliphatic heterocycles. The predicted molar refractivity (Wildman–Crippen MR) is 499 cm³/mol. The predicted octanol–water partition coefficient (Wildman–Crippen LogP) is 31.8. The zero-order valence-electron chi connectivity index (χ0n) is 64.3. The van der Waals surface area contributed by atoms with Crippen molar-refractivity contribution in [2.75, 3.05) is 0 Å². The van der Waals surface area contributed by atoms with Crippen LogP contribution in [0.3, 0.4) is 0 Å². The van der Waals surface area contributed by atoms with Gasteiger partial charge in [-0.2, -0.15) is 10.5 Å². The average molecular weight is 1490 g/mol. The fourth-order valence-corrected chi connectivity index (χ4v) is 18.9. The number of hydrogen-bond donors (Lipinski definition) is 0. The molecule has 0 aromatic heterocycles. The summed E-state index contributed by atoms with van der Waals surface area (Å²) < 4.78 is 0. The largest absolute Gasteiger partial charge is 0.192 e. The molecule has 0 amide bonds. The Morgan fingerprint density at radius 1 is 0.136 bits per heavy atom. The number of benzene rings is 22. The molecule has 0 saturated heterocycles. The molecule has 2 aliphatic rings. The van der Waals surface area contributed by atoms with Crippen molar-refractivity contribution in [3.05, 3.63) is 436 Å². The first kappa shape index (κ1) is 68.9. The van der Waals surface area contributed by atoms with Gasteiger partial charge in [-0.1, -0.05) is 352 Å². The van der Waals surface area contributed by atoms with Crippen LogP contribution in [0.4, 0.5) is 0 Å². The van der Waals surface area contributed by atoms with Crippen LogP contribution in [-0.4, -0.2) is 0 Å². The maximum absolute atomic E-state index is 9.12. The topological polar surface area (TPSA) is 47.6 Å².